The number of hydrazine groups is 1. The third-order valence-corrected chi connectivity index (χ3v) is 4.74. The number of carbonyl (C=O) groups is 3. The second kappa shape index (κ2) is 10.1. The van der Waals surface area contributed by atoms with Crippen LogP contribution in [-0.2, 0) is 16.1 Å². The van der Waals surface area contributed by atoms with Gasteiger partial charge in [0.1, 0.15) is 11.5 Å². The molecule has 1 aromatic carbocycles. The molecule has 1 atom stereocenters. The number of benzene rings is 1. The quantitative estimate of drug-likeness (QED) is 0.460. The number of para-hydroxylation sites is 1. The van der Waals surface area contributed by atoms with E-state index in [1.807, 2.05) is 13.8 Å². The third-order valence-electron chi connectivity index (χ3n) is 4.53. The molecule has 3 rings (SSSR count). The summed E-state index contributed by atoms with van der Waals surface area (Å²) in [6, 6.07) is 10.3. The molecule has 9 nitrogen and oxygen atoms in total. The molecule has 3 N–H and O–H groups in total. The van der Waals surface area contributed by atoms with Crippen molar-refractivity contribution in [3.8, 4) is 5.75 Å². The fourth-order valence-electron chi connectivity index (χ4n) is 3.12. The summed E-state index contributed by atoms with van der Waals surface area (Å²) < 4.78 is 10.9. The number of hydrogen-bond donors (Lipinski definition) is 3. The van der Waals surface area contributed by atoms with Gasteiger partial charge in [-0.3, -0.25) is 30.6 Å². The molecule has 2 aromatic rings. The van der Waals surface area contributed by atoms with Crippen LogP contribution in [0.5, 0.6) is 5.75 Å². The first-order chi connectivity index (χ1) is 14.8. The number of thiocarbonyl (C=S) groups is 1. The third kappa shape index (κ3) is 6.05. The molecule has 1 saturated heterocycles. The van der Waals surface area contributed by atoms with Gasteiger partial charge in [-0.05, 0) is 50.3 Å². The molecule has 3 amide bonds. The number of hydrogen-bond acceptors (Lipinski definition) is 6. The van der Waals surface area contributed by atoms with Crippen molar-refractivity contribution in [2.24, 2.45) is 5.92 Å². The van der Waals surface area contributed by atoms with Gasteiger partial charge in [0.15, 0.2) is 5.11 Å². The molecule has 1 aliphatic heterocycles. The van der Waals surface area contributed by atoms with Crippen molar-refractivity contribution in [2.45, 2.75) is 32.9 Å². The van der Waals surface area contributed by atoms with Crippen molar-refractivity contribution in [1.29, 1.82) is 0 Å². The predicted octanol–water partition coefficient (Wildman–Crippen LogP) is 1.75. The predicted molar refractivity (Wildman–Crippen MR) is 116 cm³/mol. The smallest absolute Gasteiger partial charge is 0.261 e. The van der Waals surface area contributed by atoms with Crippen molar-refractivity contribution in [3.63, 3.8) is 0 Å². The van der Waals surface area contributed by atoms with Crippen LogP contribution in [0.1, 0.15) is 36.4 Å². The first kappa shape index (κ1) is 22.3. The van der Waals surface area contributed by atoms with Crippen molar-refractivity contribution in [2.75, 3.05) is 6.54 Å². The molecule has 2 heterocycles. The standard InChI is InChI=1S/C21H24N4O5S/c1-13(2)30-17-8-4-3-7-16(17)20(28)22-21(31)24-23-19(27)14-10-18(26)25(11-14)12-15-6-5-9-29-15/h3-9,13-14H,10-12H2,1-2H3,(H,23,27)(H2,22,24,28,31). The van der Waals surface area contributed by atoms with Gasteiger partial charge >= 0.3 is 0 Å². The highest BCUT2D eigenvalue weighted by molar-refractivity contribution is 7.80. The number of amides is 3. The van der Waals surface area contributed by atoms with E-state index in [1.54, 1.807) is 41.3 Å². The van der Waals surface area contributed by atoms with Crippen LogP contribution in [0.2, 0.25) is 0 Å². The molecule has 1 aromatic heterocycles. The van der Waals surface area contributed by atoms with Gasteiger partial charge in [-0.15, -0.1) is 0 Å². The van der Waals surface area contributed by atoms with E-state index in [9.17, 15) is 14.4 Å². The van der Waals surface area contributed by atoms with E-state index in [4.69, 9.17) is 21.4 Å². The van der Waals surface area contributed by atoms with Crippen LogP contribution in [0, 0.1) is 5.92 Å². The van der Waals surface area contributed by atoms with Crippen molar-refractivity contribution in [1.82, 2.24) is 21.1 Å². The van der Waals surface area contributed by atoms with E-state index >= 15 is 0 Å². The van der Waals surface area contributed by atoms with Crippen molar-refractivity contribution < 1.29 is 23.5 Å². The van der Waals surface area contributed by atoms with Gasteiger partial charge < -0.3 is 14.1 Å². The van der Waals surface area contributed by atoms with Crippen LogP contribution in [0.3, 0.4) is 0 Å². The number of likely N-dealkylation sites (tertiary alicyclic amines) is 1. The molecule has 31 heavy (non-hydrogen) atoms. The maximum Gasteiger partial charge on any atom is 0.261 e. The minimum atomic E-state index is -0.534. The number of carbonyl (C=O) groups excluding carboxylic acids is 3. The van der Waals surface area contributed by atoms with Gasteiger partial charge in [-0.1, -0.05) is 12.1 Å². The molecule has 10 heteroatoms. The van der Waals surface area contributed by atoms with Crippen LogP contribution in [0.4, 0.5) is 0 Å². The topological polar surface area (TPSA) is 113 Å². The Hall–Kier alpha value is -3.40. The Kier molecular flexibility index (Phi) is 7.24. The Morgan fingerprint density at radius 3 is 2.71 bits per heavy atom. The average molecular weight is 445 g/mol. The Bertz CT molecular complexity index is 960. The molecule has 0 saturated carbocycles. The fraction of sp³-hybridized carbons (Fsp3) is 0.333. The Morgan fingerprint density at radius 1 is 1.23 bits per heavy atom. The minimum absolute atomic E-state index is 0.0746. The normalized spacial score (nSPS) is 15.6. The highest BCUT2D eigenvalue weighted by Crippen LogP contribution is 2.21. The lowest BCUT2D eigenvalue weighted by atomic mass is 10.1. The number of nitrogens with zero attached hydrogens (tertiary/aromatic N) is 1. The Labute approximate surface area is 185 Å². The first-order valence-corrected chi connectivity index (χ1v) is 10.2. The number of nitrogens with one attached hydrogen (secondary N) is 3. The summed E-state index contributed by atoms with van der Waals surface area (Å²) in [5.41, 5.74) is 5.28. The number of furan rings is 1. The van der Waals surface area contributed by atoms with Gasteiger partial charge in [0.05, 0.1) is 30.4 Å². The molecular formula is C21H24N4O5S. The number of ether oxygens (including phenoxy) is 1. The number of rotatable bonds is 6. The van der Waals surface area contributed by atoms with E-state index in [-0.39, 0.29) is 30.1 Å². The van der Waals surface area contributed by atoms with E-state index in [1.165, 1.54) is 6.26 Å². The Morgan fingerprint density at radius 2 is 2.00 bits per heavy atom. The van der Waals surface area contributed by atoms with Crippen molar-refractivity contribution >= 4 is 35.1 Å². The second-order valence-electron chi connectivity index (χ2n) is 7.31. The van der Waals surface area contributed by atoms with E-state index in [0.29, 0.717) is 23.6 Å². The van der Waals surface area contributed by atoms with Crippen LogP contribution in [-0.4, -0.2) is 40.4 Å². The highest BCUT2D eigenvalue weighted by atomic mass is 32.1. The summed E-state index contributed by atoms with van der Waals surface area (Å²) in [5, 5.41) is 2.43. The fourth-order valence-corrected chi connectivity index (χ4v) is 3.27. The van der Waals surface area contributed by atoms with Crippen LogP contribution in [0.25, 0.3) is 0 Å². The summed E-state index contributed by atoms with van der Waals surface area (Å²) in [6.07, 6.45) is 1.53. The lowest BCUT2D eigenvalue weighted by Crippen LogP contribution is -2.50. The molecular weight excluding hydrogens is 420 g/mol. The maximum absolute atomic E-state index is 12.5. The SMILES string of the molecule is CC(C)Oc1ccccc1C(=O)NC(=S)NNC(=O)C1CC(=O)N(Cc2ccco2)C1. The zero-order valence-corrected chi connectivity index (χ0v) is 18.0. The molecule has 164 valence electrons. The summed E-state index contributed by atoms with van der Waals surface area (Å²) in [7, 11) is 0. The Balaban J connectivity index is 1.48. The molecule has 1 fully saturated rings. The van der Waals surface area contributed by atoms with Crippen LogP contribution in [0.15, 0.2) is 47.1 Å². The van der Waals surface area contributed by atoms with Gasteiger partial charge in [0.25, 0.3) is 5.91 Å². The zero-order valence-electron chi connectivity index (χ0n) is 17.2. The highest BCUT2D eigenvalue weighted by Gasteiger charge is 2.34. The van der Waals surface area contributed by atoms with Gasteiger partial charge in [0.2, 0.25) is 11.8 Å². The van der Waals surface area contributed by atoms with Gasteiger partial charge in [-0.25, -0.2) is 0 Å². The first-order valence-electron chi connectivity index (χ1n) is 9.80. The average Bonchev–Trinajstić information content (AvgIpc) is 3.36. The van der Waals surface area contributed by atoms with Crippen LogP contribution >= 0.6 is 12.2 Å². The zero-order chi connectivity index (χ0) is 22.4. The monoisotopic (exact) mass is 444 g/mol. The van der Waals surface area contributed by atoms with Gasteiger partial charge in [-0.2, -0.15) is 0 Å². The van der Waals surface area contributed by atoms with Crippen LogP contribution < -0.4 is 20.9 Å². The summed E-state index contributed by atoms with van der Waals surface area (Å²) in [6.45, 7) is 4.31. The molecule has 0 bridgehead atoms. The molecule has 1 unspecified atom stereocenters. The molecule has 0 spiro atoms. The van der Waals surface area contributed by atoms with E-state index < -0.39 is 17.7 Å². The second-order valence-corrected chi connectivity index (χ2v) is 7.72. The van der Waals surface area contributed by atoms with Gasteiger partial charge in [0, 0.05) is 13.0 Å². The molecule has 0 aliphatic carbocycles. The maximum atomic E-state index is 12.5. The summed E-state index contributed by atoms with van der Waals surface area (Å²) in [5.74, 6) is -0.442. The molecule has 1 aliphatic rings. The lowest BCUT2D eigenvalue weighted by Gasteiger charge is -2.16. The van der Waals surface area contributed by atoms with Crippen molar-refractivity contribution in [3.05, 3.63) is 54.0 Å². The van der Waals surface area contributed by atoms with E-state index in [0.717, 1.165) is 0 Å². The van der Waals surface area contributed by atoms with E-state index in [2.05, 4.69) is 16.2 Å². The minimum Gasteiger partial charge on any atom is -0.490 e. The largest absolute Gasteiger partial charge is 0.490 e. The summed E-state index contributed by atoms with van der Waals surface area (Å²) >= 11 is 5.09. The lowest BCUT2D eigenvalue weighted by molar-refractivity contribution is -0.129. The molecule has 0 radical (unpaired) electrons. The summed E-state index contributed by atoms with van der Waals surface area (Å²) in [4.78, 5) is 38.6.